The Balaban J connectivity index is 1.14. The number of hydrogen-bond acceptors (Lipinski definition) is 14. The summed E-state index contributed by atoms with van der Waals surface area (Å²) in [4.78, 5) is 0. The molecule has 10 N–H and O–H groups in total. The summed E-state index contributed by atoms with van der Waals surface area (Å²) in [6.45, 7) is 13.8. The Morgan fingerprint density at radius 3 is 2.04 bits per heavy atom. The van der Waals surface area contributed by atoms with Crippen LogP contribution in [0.5, 0.6) is 0 Å². The monoisotopic (exact) mass is 798 g/mol. The van der Waals surface area contributed by atoms with Gasteiger partial charge in [0.15, 0.2) is 12.6 Å². The fourth-order valence-electron chi connectivity index (χ4n) is 13.9. The van der Waals surface area contributed by atoms with Gasteiger partial charge in [-0.1, -0.05) is 53.2 Å². The van der Waals surface area contributed by atoms with E-state index in [9.17, 15) is 51.1 Å². The van der Waals surface area contributed by atoms with E-state index in [1.54, 1.807) is 6.92 Å². The quantitative estimate of drug-likeness (QED) is 0.126. The first-order valence-electron chi connectivity index (χ1n) is 21.0. The number of allylic oxidation sites excluding steroid dienone is 1. The Labute approximate surface area is 330 Å². The molecule has 0 spiro atoms. The first kappa shape index (κ1) is 43.3. The highest BCUT2D eigenvalue weighted by atomic mass is 16.7. The van der Waals surface area contributed by atoms with Crippen molar-refractivity contribution in [3.8, 4) is 0 Å². The number of aliphatic hydroxyl groups is 10. The Hall–Kier alpha value is -0.820. The number of ether oxygens (including phenoxy) is 4. The molecule has 0 amide bonds. The van der Waals surface area contributed by atoms with Crippen LogP contribution in [-0.4, -0.2) is 151 Å². The highest BCUT2D eigenvalue weighted by Gasteiger charge is 2.73. The van der Waals surface area contributed by atoms with E-state index in [1.807, 2.05) is 6.92 Å². The van der Waals surface area contributed by atoms with Gasteiger partial charge in [-0.05, 0) is 97.7 Å². The summed E-state index contributed by atoms with van der Waals surface area (Å²) in [5.74, 6) is -0.261. The van der Waals surface area contributed by atoms with Crippen LogP contribution in [0, 0.1) is 50.2 Å². The topological polar surface area (TPSA) is 239 Å². The molecule has 7 aliphatic rings. The van der Waals surface area contributed by atoms with Gasteiger partial charge in [0.1, 0.15) is 42.7 Å². The molecule has 56 heavy (non-hydrogen) atoms. The van der Waals surface area contributed by atoms with E-state index in [4.69, 9.17) is 18.9 Å². The molecule has 2 aliphatic heterocycles. The maximum absolute atomic E-state index is 12.5. The Bertz CT molecular complexity index is 1480. The lowest BCUT2D eigenvalue weighted by Crippen LogP contribution is -2.71. The zero-order valence-corrected chi connectivity index (χ0v) is 34.2. The number of rotatable bonds is 7. The lowest BCUT2D eigenvalue weighted by atomic mass is 9.31. The van der Waals surface area contributed by atoms with Crippen LogP contribution < -0.4 is 0 Å². The van der Waals surface area contributed by atoms with Gasteiger partial charge in [0, 0.05) is 10.8 Å². The van der Waals surface area contributed by atoms with Gasteiger partial charge in [-0.2, -0.15) is 0 Å². The van der Waals surface area contributed by atoms with E-state index in [0.29, 0.717) is 32.1 Å². The molecule has 0 bridgehead atoms. The number of hydrogen-bond donors (Lipinski definition) is 10. The Morgan fingerprint density at radius 1 is 0.714 bits per heavy atom. The van der Waals surface area contributed by atoms with Gasteiger partial charge in [0.2, 0.25) is 0 Å². The van der Waals surface area contributed by atoms with Crippen LogP contribution in [0.2, 0.25) is 0 Å². The molecule has 322 valence electrons. The minimum Gasteiger partial charge on any atom is -0.396 e. The van der Waals surface area contributed by atoms with Crippen LogP contribution in [0.25, 0.3) is 0 Å². The molecular weight excluding hydrogens is 728 g/mol. The maximum Gasteiger partial charge on any atom is 0.187 e. The van der Waals surface area contributed by atoms with Crippen molar-refractivity contribution in [3.63, 3.8) is 0 Å². The van der Waals surface area contributed by atoms with Crippen molar-refractivity contribution in [2.75, 3.05) is 19.8 Å². The third-order valence-corrected chi connectivity index (χ3v) is 17.4. The molecule has 2 saturated heterocycles. The first-order chi connectivity index (χ1) is 26.1. The van der Waals surface area contributed by atoms with Crippen LogP contribution >= 0.6 is 0 Å². The van der Waals surface area contributed by atoms with E-state index in [0.717, 1.165) is 24.8 Å². The molecule has 0 aromatic rings. The fourth-order valence-corrected chi connectivity index (χ4v) is 13.9. The van der Waals surface area contributed by atoms with Crippen molar-refractivity contribution >= 4 is 0 Å². The van der Waals surface area contributed by atoms with Crippen LogP contribution in [0.3, 0.4) is 0 Å². The van der Waals surface area contributed by atoms with Crippen molar-refractivity contribution in [2.45, 2.75) is 180 Å². The zero-order chi connectivity index (χ0) is 41.1. The SMILES string of the molecule is C[C@H]1O[C@@H](O[C@H]2CC[C@@]3(C)C(CC[C@]4(C)C3[C@H](O)CC3C5=CC(C)(C)CC[C@]5(CO)[C@@H](O)C[C@]34C)[C@]2(C)CO)[C@H](O)[C@@H](O[C@@H]2O[C@H](CO)[C@@H](O)[C@H](O)[C@H]2O)[C@H]1O. The van der Waals surface area contributed by atoms with Crippen LogP contribution in [0.1, 0.15) is 99.8 Å². The average Bonchev–Trinajstić information content (AvgIpc) is 3.14. The second kappa shape index (κ2) is 14.7. The summed E-state index contributed by atoms with van der Waals surface area (Å²) >= 11 is 0. The number of aliphatic hydroxyl groups excluding tert-OH is 10. The highest BCUT2D eigenvalue weighted by molar-refractivity contribution is 5.35. The molecule has 4 saturated carbocycles. The molecule has 14 nitrogen and oxygen atoms in total. The van der Waals surface area contributed by atoms with Crippen molar-refractivity contribution in [3.05, 3.63) is 11.6 Å². The van der Waals surface area contributed by atoms with Crippen molar-refractivity contribution in [2.24, 2.45) is 50.2 Å². The predicted molar refractivity (Wildman–Crippen MR) is 200 cm³/mol. The van der Waals surface area contributed by atoms with Gasteiger partial charge < -0.3 is 70.0 Å². The van der Waals surface area contributed by atoms with Gasteiger partial charge in [-0.15, -0.1) is 0 Å². The van der Waals surface area contributed by atoms with E-state index in [2.05, 4.69) is 40.7 Å². The summed E-state index contributed by atoms with van der Waals surface area (Å²) in [6, 6.07) is 0. The van der Waals surface area contributed by atoms with E-state index >= 15 is 0 Å². The van der Waals surface area contributed by atoms with Crippen molar-refractivity contribution < 1.29 is 70.0 Å². The third kappa shape index (κ3) is 6.17. The molecule has 0 radical (unpaired) electrons. The summed E-state index contributed by atoms with van der Waals surface area (Å²) in [5, 5.41) is 110. The lowest BCUT2D eigenvalue weighted by Gasteiger charge is -2.74. The molecule has 7 rings (SSSR count). The predicted octanol–water partition coefficient (Wildman–Crippen LogP) is 0.731. The van der Waals surface area contributed by atoms with Gasteiger partial charge >= 0.3 is 0 Å². The van der Waals surface area contributed by atoms with Crippen LogP contribution in [0.4, 0.5) is 0 Å². The average molecular weight is 799 g/mol. The second-order valence-electron chi connectivity index (χ2n) is 20.7. The molecule has 2 heterocycles. The molecule has 21 atom stereocenters. The van der Waals surface area contributed by atoms with Gasteiger partial charge in [0.05, 0.1) is 44.2 Å². The van der Waals surface area contributed by atoms with E-state index in [1.165, 1.54) is 0 Å². The fraction of sp³-hybridized carbons (Fsp3) is 0.952. The number of fused-ring (bicyclic) bond motifs is 7. The standard InChI is InChI=1S/C42H70O14/c1-20-28(48)33(56-35-31(51)30(50)29(49)24(17-43)54-35)32(52)36(53-20)55-27-9-10-38(4)25(39(27,5)18-44)8-11-40(6)34(38)23(46)14-21-22-15-37(2,3)12-13-42(22,19-45)26(47)16-41(21,40)7/h15,20-21,23-36,43-52H,8-14,16-19H2,1-7H3/t20-,21?,23-,24-,25?,26+,27+,28+,29-,30+,31-,32-,33+,34?,35+,36+,38+,39+,40-,41-,42-/m1/s1. The van der Waals surface area contributed by atoms with Gasteiger partial charge in [0.25, 0.3) is 0 Å². The zero-order valence-electron chi connectivity index (χ0n) is 34.2. The molecule has 3 unspecified atom stereocenters. The largest absolute Gasteiger partial charge is 0.396 e. The molecule has 6 fully saturated rings. The van der Waals surface area contributed by atoms with E-state index in [-0.39, 0.29) is 47.2 Å². The highest BCUT2D eigenvalue weighted by Crippen LogP contribution is 2.76. The first-order valence-corrected chi connectivity index (χ1v) is 21.0. The third-order valence-electron chi connectivity index (χ3n) is 17.4. The second-order valence-corrected chi connectivity index (χ2v) is 20.7. The summed E-state index contributed by atoms with van der Waals surface area (Å²) in [7, 11) is 0. The van der Waals surface area contributed by atoms with Crippen molar-refractivity contribution in [1.82, 2.24) is 0 Å². The lowest BCUT2D eigenvalue weighted by molar-refractivity contribution is -0.368. The van der Waals surface area contributed by atoms with Gasteiger partial charge in [-0.25, -0.2) is 0 Å². The molecule has 0 aromatic carbocycles. The van der Waals surface area contributed by atoms with Gasteiger partial charge in [-0.3, -0.25) is 0 Å². The molecular formula is C42H70O14. The minimum absolute atomic E-state index is 0.00153. The normalized spacial score (nSPS) is 56.9. The Kier molecular flexibility index (Phi) is 11.3. The summed E-state index contributed by atoms with van der Waals surface area (Å²) in [5.41, 5.74) is -1.68. The molecule has 14 heteroatoms. The maximum atomic E-state index is 12.5. The Morgan fingerprint density at radius 2 is 1.39 bits per heavy atom. The van der Waals surface area contributed by atoms with Crippen LogP contribution in [0.15, 0.2) is 11.6 Å². The van der Waals surface area contributed by atoms with Crippen LogP contribution in [-0.2, 0) is 18.9 Å². The van der Waals surface area contributed by atoms with Crippen molar-refractivity contribution in [1.29, 1.82) is 0 Å². The smallest absolute Gasteiger partial charge is 0.187 e. The molecule has 0 aromatic heterocycles. The minimum atomic E-state index is -1.75. The summed E-state index contributed by atoms with van der Waals surface area (Å²) < 4.78 is 24.0. The summed E-state index contributed by atoms with van der Waals surface area (Å²) in [6.07, 6.45) is -8.99. The molecule has 5 aliphatic carbocycles. The van der Waals surface area contributed by atoms with E-state index < -0.39 is 103 Å².